The van der Waals surface area contributed by atoms with Crippen LogP contribution in [0.2, 0.25) is 0 Å². The van der Waals surface area contributed by atoms with Gasteiger partial charge in [-0.3, -0.25) is 4.79 Å². The second-order valence-electron chi connectivity index (χ2n) is 4.59. The molecule has 0 saturated carbocycles. The fourth-order valence-electron chi connectivity index (χ4n) is 2.35. The van der Waals surface area contributed by atoms with Gasteiger partial charge >= 0.3 is 0 Å². The zero-order valence-electron chi connectivity index (χ0n) is 9.86. The van der Waals surface area contributed by atoms with Crippen LogP contribution in [0.15, 0.2) is 23.1 Å². The van der Waals surface area contributed by atoms with E-state index in [0.29, 0.717) is 17.7 Å². The predicted molar refractivity (Wildman–Crippen MR) is 67.6 cm³/mol. The van der Waals surface area contributed by atoms with Crippen molar-refractivity contribution in [2.24, 2.45) is 0 Å². The molecule has 0 unspecified atom stereocenters. The molecule has 2 N–H and O–H groups in total. The molecule has 17 heavy (non-hydrogen) atoms. The summed E-state index contributed by atoms with van der Waals surface area (Å²) in [6.07, 6.45) is 1.72. The maximum Gasteiger partial charge on any atom is 0.212 e. The van der Waals surface area contributed by atoms with Crippen molar-refractivity contribution in [3.8, 4) is 5.75 Å². The van der Waals surface area contributed by atoms with Crippen LogP contribution in [0.4, 0.5) is 5.69 Å². The summed E-state index contributed by atoms with van der Waals surface area (Å²) in [5.41, 5.74) is 7.85. The lowest BCUT2D eigenvalue weighted by atomic mass is 10.1. The van der Waals surface area contributed by atoms with Crippen molar-refractivity contribution >= 4 is 16.6 Å². The maximum absolute atomic E-state index is 12.0. The van der Waals surface area contributed by atoms with Crippen LogP contribution in [0.5, 0.6) is 5.75 Å². The van der Waals surface area contributed by atoms with Crippen molar-refractivity contribution in [2.45, 2.75) is 19.9 Å². The van der Waals surface area contributed by atoms with Crippen molar-refractivity contribution in [3.63, 3.8) is 0 Å². The highest BCUT2D eigenvalue weighted by Crippen LogP contribution is 2.34. The minimum absolute atomic E-state index is 0.116. The molecule has 0 aliphatic carbocycles. The van der Waals surface area contributed by atoms with Gasteiger partial charge in [-0.15, -0.1) is 0 Å². The summed E-state index contributed by atoms with van der Waals surface area (Å²) in [5, 5.41) is 0.636. The van der Waals surface area contributed by atoms with Crippen molar-refractivity contribution in [2.75, 3.05) is 12.3 Å². The van der Waals surface area contributed by atoms with E-state index in [-0.39, 0.29) is 11.5 Å². The zero-order valence-corrected chi connectivity index (χ0v) is 9.86. The van der Waals surface area contributed by atoms with E-state index in [2.05, 4.69) is 6.92 Å². The molecule has 1 aromatic carbocycles. The van der Waals surface area contributed by atoms with Gasteiger partial charge in [0.15, 0.2) is 0 Å². The van der Waals surface area contributed by atoms with E-state index in [0.717, 1.165) is 16.8 Å². The molecule has 0 saturated heterocycles. The number of hydrogen-bond donors (Lipinski definition) is 1. The van der Waals surface area contributed by atoms with Gasteiger partial charge in [0.1, 0.15) is 12.4 Å². The molecule has 1 aliphatic heterocycles. The molecule has 4 heteroatoms. The smallest absolute Gasteiger partial charge is 0.212 e. The van der Waals surface area contributed by atoms with Crippen LogP contribution in [0.3, 0.4) is 0 Å². The van der Waals surface area contributed by atoms with Gasteiger partial charge in [0, 0.05) is 6.20 Å². The molecule has 0 spiro atoms. The third kappa shape index (κ3) is 1.27. The van der Waals surface area contributed by atoms with Crippen LogP contribution in [0.25, 0.3) is 10.9 Å². The van der Waals surface area contributed by atoms with Crippen molar-refractivity contribution in [3.05, 3.63) is 34.1 Å². The number of ether oxygens (including phenoxy) is 1. The summed E-state index contributed by atoms with van der Waals surface area (Å²) < 4.78 is 7.77. The lowest BCUT2D eigenvalue weighted by Crippen LogP contribution is -2.24. The number of nitrogen functional groups attached to an aromatic ring is 1. The minimum Gasteiger partial charge on any atom is -0.489 e. The number of nitrogens with two attached hydrogens (primary N) is 1. The Morgan fingerprint density at radius 3 is 3.00 bits per heavy atom. The Morgan fingerprint density at radius 2 is 2.24 bits per heavy atom. The van der Waals surface area contributed by atoms with Crippen molar-refractivity contribution < 1.29 is 4.74 Å². The summed E-state index contributed by atoms with van der Waals surface area (Å²) in [5.74, 6) is 0.803. The SMILES string of the molecule is Cc1ccc2c(=O)c(N)cn3c2c1OC[C@@H]3C. The predicted octanol–water partition coefficient (Wildman–Crippen LogP) is 1.85. The average molecular weight is 230 g/mol. The standard InChI is InChI=1S/C13H14N2O2/c1-7-3-4-9-11-13(7)17-6-8(2)15(11)5-10(14)12(9)16/h3-5,8H,6,14H2,1-2H3/t8-/m0/s1. The summed E-state index contributed by atoms with van der Waals surface area (Å²) >= 11 is 0. The molecule has 0 fully saturated rings. The molecule has 1 aromatic heterocycles. The molecular formula is C13H14N2O2. The number of hydrogen-bond acceptors (Lipinski definition) is 3. The number of aryl methyl sites for hydroxylation is 1. The largest absolute Gasteiger partial charge is 0.489 e. The quantitative estimate of drug-likeness (QED) is 0.751. The maximum atomic E-state index is 12.0. The fourth-order valence-corrected chi connectivity index (χ4v) is 2.35. The van der Waals surface area contributed by atoms with Crippen LogP contribution in [-0.2, 0) is 0 Å². The monoisotopic (exact) mass is 230 g/mol. The fraction of sp³-hybridized carbons (Fsp3) is 0.308. The van der Waals surface area contributed by atoms with E-state index in [4.69, 9.17) is 10.5 Å². The first-order chi connectivity index (χ1) is 8.09. The van der Waals surface area contributed by atoms with Crippen molar-refractivity contribution in [1.29, 1.82) is 0 Å². The Bertz CT molecular complexity index is 673. The summed E-state index contributed by atoms with van der Waals surface area (Å²) in [7, 11) is 0. The number of anilines is 1. The minimum atomic E-state index is -0.116. The van der Waals surface area contributed by atoms with Crippen LogP contribution in [0, 0.1) is 6.92 Å². The van der Waals surface area contributed by atoms with E-state index in [1.807, 2.05) is 23.6 Å². The molecule has 2 aromatic rings. The second kappa shape index (κ2) is 3.26. The van der Waals surface area contributed by atoms with Crippen molar-refractivity contribution in [1.82, 2.24) is 4.57 Å². The number of pyridine rings is 1. The van der Waals surface area contributed by atoms with Gasteiger partial charge in [-0.1, -0.05) is 6.07 Å². The van der Waals surface area contributed by atoms with Gasteiger partial charge in [0.25, 0.3) is 0 Å². The molecule has 3 rings (SSSR count). The van der Waals surface area contributed by atoms with Crippen LogP contribution < -0.4 is 15.9 Å². The first-order valence-electron chi connectivity index (χ1n) is 5.66. The Hall–Kier alpha value is -1.97. The normalized spacial score (nSPS) is 18.1. The third-order valence-electron chi connectivity index (χ3n) is 3.32. The average Bonchev–Trinajstić information content (AvgIpc) is 2.31. The van der Waals surface area contributed by atoms with Gasteiger partial charge in [-0.25, -0.2) is 0 Å². The molecule has 0 radical (unpaired) electrons. The topological polar surface area (TPSA) is 57.2 Å². The lowest BCUT2D eigenvalue weighted by Gasteiger charge is -2.27. The first-order valence-corrected chi connectivity index (χ1v) is 5.66. The van der Waals surface area contributed by atoms with E-state index < -0.39 is 0 Å². The number of benzene rings is 1. The molecule has 88 valence electrons. The summed E-state index contributed by atoms with van der Waals surface area (Å²) in [6, 6.07) is 3.92. The highest BCUT2D eigenvalue weighted by Gasteiger charge is 2.21. The van der Waals surface area contributed by atoms with Gasteiger partial charge in [-0.05, 0) is 25.5 Å². The second-order valence-corrected chi connectivity index (χ2v) is 4.59. The highest BCUT2D eigenvalue weighted by atomic mass is 16.5. The third-order valence-corrected chi connectivity index (χ3v) is 3.32. The van der Waals surface area contributed by atoms with E-state index >= 15 is 0 Å². The molecule has 1 atom stereocenters. The Kier molecular flexibility index (Phi) is 1.96. The number of nitrogens with zero attached hydrogens (tertiary/aromatic N) is 1. The summed E-state index contributed by atoms with van der Waals surface area (Å²) in [4.78, 5) is 12.0. The van der Waals surface area contributed by atoms with Gasteiger partial charge in [0.05, 0.1) is 22.6 Å². The Labute approximate surface area is 98.6 Å². The zero-order chi connectivity index (χ0) is 12.2. The lowest BCUT2D eigenvalue weighted by molar-refractivity contribution is 0.246. The molecule has 2 heterocycles. The van der Waals surface area contributed by atoms with E-state index in [9.17, 15) is 4.79 Å². The summed E-state index contributed by atoms with van der Waals surface area (Å²) in [6.45, 7) is 4.64. The number of rotatable bonds is 0. The molecule has 1 aliphatic rings. The Balaban J connectivity index is 2.57. The molecule has 0 bridgehead atoms. The van der Waals surface area contributed by atoms with Crippen LogP contribution >= 0.6 is 0 Å². The van der Waals surface area contributed by atoms with Gasteiger partial charge in [0.2, 0.25) is 5.43 Å². The van der Waals surface area contributed by atoms with E-state index in [1.54, 1.807) is 6.20 Å². The van der Waals surface area contributed by atoms with Gasteiger partial charge < -0.3 is 15.0 Å². The van der Waals surface area contributed by atoms with Gasteiger partial charge in [-0.2, -0.15) is 0 Å². The van der Waals surface area contributed by atoms with E-state index in [1.165, 1.54) is 0 Å². The molecular weight excluding hydrogens is 216 g/mol. The first kappa shape index (κ1) is 10.2. The highest BCUT2D eigenvalue weighted by molar-refractivity contribution is 5.88. The van der Waals surface area contributed by atoms with Crippen LogP contribution in [-0.4, -0.2) is 11.2 Å². The molecule has 0 amide bonds. The van der Waals surface area contributed by atoms with Crippen LogP contribution in [0.1, 0.15) is 18.5 Å². The number of aromatic nitrogens is 1. The molecule has 4 nitrogen and oxygen atoms in total. The Morgan fingerprint density at radius 1 is 1.47 bits per heavy atom.